The van der Waals surface area contributed by atoms with Crippen LogP contribution in [-0.2, 0) is 4.79 Å². The molecule has 0 fully saturated rings. The van der Waals surface area contributed by atoms with E-state index in [1.165, 1.54) is 11.1 Å². The first-order chi connectivity index (χ1) is 8.10. The summed E-state index contributed by atoms with van der Waals surface area (Å²) >= 11 is 0. The minimum atomic E-state index is 0.0939. The SMILES string of the molecule is CC(C)=CCC/C(C=O)=C\CC/C(C)=C\CO. The smallest absolute Gasteiger partial charge is 0.145 e. The highest BCUT2D eigenvalue weighted by Gasteiger charge is 1.95. The molecule has 0 aromatic heterocycles. The van der Waals surface area contributed by atoms with Crippen molar-refractivity contribution >= 4 is 6.29 Å². The first kappa shape index (κ1) is 15.9. The van der Waals surface area contributed by atoms with Gasteiger partial charge in [0.2, 0.25) is 0 Å². The van der Waals surface area contributed by atoms with Gasteiger partial charge in [-0.25, -0.2) is 0 Å². The van der Waals surface area contributed by atoms with E-state index in [1.807, 2.05) is 13.0 Å². The summed E-state index contributed by atoms with van der Waals surface area (Å²) in [5, 5.41) is 8.71. The third-order valence-electron chi connectivity index (χ3n) is 2.52. The van der Waals surface area contributed by atoms with Gasteiger partial charge in [-0.1, -0.05) is 29.4 Å². The number of carbonyl (C=O) groups excluding carboxylic acids is 1. The molecule has 0 aliphatic carbocycles. The minimum Gasteiger partial charge on any atom is -0.392 e. The minimum absolute atomic E-state index is 0.0939. The third kappa shape index (κ3) is 9.76. The van der Waals surface area contributed by atoms with Crippen molar-refractivity contribution in [2.75, 3.05) is 6.61 Å². The summed E-state index contributed by atoms with van der Waals surface area (Å²) < 4.78 is 0. The van der Waals surface area contributed by atoms with Gasteiger partial charge in [-0.3, -0.25) is 4.79 Å². The normalized spacial score (nSPS) is 12.5. The van der Waals surface area contributed by atoms with Crippen LogP contribution in [0, 0.1) is 0 Å². The van der Waals surface area contributed by atoms with Crippen LogP contribution in [0.3, 0.4) is 0 Å². The molecule has 0 aliphatic rings. The molecule has 0 saturated heterocycles. The van der Waals surface area contributed by atoms with Crippen LogP contribution in [0.5, 0.6) is 0 Å². The molecule has 0 aromatic carbocycles. The Morgan fingerprint density at radius 3 is 2.18 bits per heavy atom. The van der Waals surface area contributed by atoms with Gasteiger partial charge >= 0.3 is 0 Å². The highest BCUT2D eigenvalue weighted by Crippen LogP contribution is 2.10. The fourth-order valence-electron chi connectivity index (χ4n) is 1.48. The van der Waals surface area contributed by atoms with E-state index in [1.54, 1.807) is 6.08 Å². The van der Waals surface area contributed by atoms with Gasteiger partial charge < -0.3 is 5.11 Å². The van der Waals surface area contributed by atoms with E-state index >= 15 is 0 Å². The number of aliphatic hydroxyl groups is 1. The molecule has 17 heavy (non-hydrogen) atoms. The molecule has 0 amide bonds. The Kier molecular flexibility index (Phi) is 9.35. The summed E-state index contributed by atoms with van der Waals surface area (Å²) in [6.07, 6.45) is 10.4. The number of hydrogen-bond donors (Lipinski definition) is 1. The third-order valence-corrected chi connectivity index (χ3v) is 2.52. The van der Waals surface area contributed by atoms with E-state index in [-0.39, 0.29) is 6.61 Å². The Hall–Kier alpha value is -1.15. The number of aliphatic hydroxyl groups excluding tert-OH is 1. The van der Waals surface area contributed by atoms with Crippen LogP contribution >= 0.6 is 0 Å². The molecule has 0 saturated carbocycles. The Labute approximate surface area is 105 Å². The molecule has 0 atom stereocenters. The van der Waals surface area contributed by atoms with Crippen LogP contribution in [0.15, 0.2) is 34.9 Å². The van der Waals surface area contributed by atoms with E-state index in [9.17, 15) is 4.79 Å². The van der Waals surface area contributed by atoms with Crippen molar-refractivity contribution in [1.82, 2.24) is 0 Å². The summed E-state index contributed by atoms with van der Waals surface area (Å²) in [7, 11) is 0. The molecule has 1 N–H and O–H groups in total. The zero-order chi connectivity index (χ0) is 13.1. The van der Waals surface area contributed by atoms with E-state index in [0.717, 1.165) is 37.5 Å². The lowest BCUT2D eigenvalue weighted by Gasteiger charge is -2.00. The predicted octanol–water partition coefficient (Wildman–Crippen LogP) is 3.58. The summed E-state index contributed by atoms with van der Waals surface area (Å²) in [5.74, 6) is 0. The van der Waals surface area contributed by atoms with Crippen LogP contribution < -0.4 is 0 Å². The van der Waals surface area contributed by atoms with Crippen LogP contribution in [-0.4, -0.2) is 18.0 Å². The van der Waals surface area contributed by atoms with Gasteiger partial charge in [0.25, 0.3) is 0 Å². The molecule has 0 spiro atoms. The summed E-state index contributed by atoms with van der Waals surface area (Å²) in [6.45, 7) is 6.21. The largest absolute Gasteiger partial charge is 0.392 e. The lowest BCUT2D eigenvalue weighted by atomic mass is 10.1. The Morgan fingerprint density at radius 1 is 1.00 bits per heavy atom. The van der Waals surface area contributed by atoms with E-state index < -0.39 is 0 Å². The lowest BCUT2D eigenvalue weighted by molar-refractivity contribution is -0.105. The molecule has 0 aliphatic heterocycles. The van der Waals surface area contributed by atoms with Crippen molar-refractivity contribution in [1.29, 1.82) is 0 Å². The maximum atomic E-state index is 10.8. The second-order valence-electron chi connectivity index (χ2n) is 4.49. The van der Waals surface area contributed by atoms with Crippen LogP contribution in [0.1, 0.15) is 46.5 Å². The average molecular weight is 236 g/mol. The summed E-state index contributed by atoms with van der Waals surface area (Å²) in [6, 6.07) is 0. The van der Waals surface area contributed by atoms with Gasteiger partial charge in [-0.05, 0) is 52.0 Å². The Bertz CT molecular complexity index is 305. The Balaban J connectivity index is 4.05. The van der Waals surface area contributed by atoms with E-state index in [4.69, 9.17) is 5.11 Å². The first-order valence-corrected chi connectivity index (χ1v) is 6.14. The van der Waals surface area contributed by atoms with Gasteiger partial charge in [0.15, 0.2) is 0 Å². The molecule has 0 radical (unpaired) electrons. The maximum absolute atomic E-state index is 10.8. The average Bonchev–Trinajstić information content (AvgIpc) is 2.27. The molecule has 0 unspecified atom stereocenters. The molecule has 2 heteroatoms. The first-order valence-electron chi connectivity index (χ1n) is 6.14. The van der Waals surface area contributed by atoms with Gasteiger partial charge in [0, 0.05) is 0 Å². The van der Waals surface area contributed by atoms with Crippen molar-refractivity contribution in [3.05, 3.63) is 34.9 Å². The highest BCUT2D eigenvalue weighted by atomic mass is 16.2. The number of hydrogen-bond acceptors (Lipinski definition) is 2. The zero-order valence-corrected chi connectivity index (χ0v) is 11.2. The van der Waals surface area contributed by atoms with Gasteiger partial charge in [0.05, 0.1) is 6.61 Å². The Morgan fingerprint density at radius 2 is 1.65 bits per heavy atom. The fourth-order valence-corrected chi connectivity index (χ4v) is 1.48. The number of aldehydes is 1. The van der Waals surface area contributed by atoms with E-state index in [2.05, 4.69) is 19.9 Å². The van der Waals surface area contributed by atoms with Crippen molar-refractivity contribution in [3.63, 3.8) is 0 Å². The van der Waals surface area contributed by atoms with Crippen LogP contribution in [0.2, 0.25) is 0 Å². The molecule has 96 valence electrons. The molecule has 0 bridgehead atoms. The monoisotopic (exact) mass is 236 g/mol. The maximum Gasteiger partial charge on any atom is 0.145 e. The molecule has 0 rings (SSSR count). The summed E-state index contributed by atoms with van der Waals surface area (Å²) in [4.78, 5) is 10.8. The predicted molar refractivity (Wildman–Crippen MR) is 72.9 cm³/mol. The van der Waals surface area contributed by atoms with Crippen molar-refractivity contribution in [3.8, 4) is 0 Å². The molecule has 2 nitrogen and oxygen atoms in total. The van der Waals surface area contributed by atoms with Gasteiger partial charge in [-0.15, -0.1) is 0 Å². The topological polar surface area (TPSA) is 37.3 Å². The van der Waals surface area contributed by atoms with Crippen molar-refractivity contribution in [2.45, 2.75) is 46.5 Å². The number of allylic oxidation sites excluding steroid dienone is 5. The lowest BCUT2D eigenvalue weighted by Crippen LogP contribution is -1.86. The van der Waals surface area contributed by atoms with Crippen molar-refractivity contribution in [2.24, 2.45) is 0 Å². The number of rotatable bonds is 8. The number of carbonyl (C=O) groups is 1. The van der Waals surface area contributed by atoms with Crippen molar-refractivity contribution < 1.29 is 9.90 Å². The van der Waals surface area contributed by atoms with Crippen LogP contribution in [0.4, 0.5) is 0 Å². The summed E-state index contributed by atoms with van der Waals surface area (Å²) in [5.41, 5.74) is 3.33. The van der Waals surface area contributed by atoms with Crippen LogP contribution in [0.25, 0.3) is 0 Å². The van der Waals surface area contributed by atoms with Gasteiger partial charge in [0.1, 0.15) is 6.29 Å². The molecular weight excluding hydrogens is 212 g/mol. The molecule has 0 heterocycles. The second-order valence-corrected chi connectivity index (χ2v) is 4.49. The quantitative estimate of drug-likeness (QED) is 0.397. The highest BCUT2D eigenvalue weighted by molar-refractivity contribution is 5.73. The molecular formula is C15H24O2. The standard InChI is InChI=1S/C15H24O2/c1-13(2)6-4-8-15(12-17)9-5-7-14(3)10-11-16/h6,9-10,12,16H,4-5,7-8,11H2,1-3H3/b14-10-,15-9+. The van der Waals surface area contributed by atoms with Gasteiger partial charge in [-0.2, -0.15) is 0 Å². The van der Waals surface area contributed by atoms with E-state index in [0.29, 0.717) is 0 Å². The zero-order valence-electron chi connectivity index (χ0n) is 11.2. The fraction of sp³-hybridized carbons (Fsp3) is 0.533. The molecule has 0 aromatic rings. The second kappa shape index (κ2) is 10.0.